The maximum absolute atomic E-state index is 5.78. The van der Waals surface area contributed by atoms with Crippen molar-refractivity contribution in [1.29, 1.82) is 0 Å². The van der Waals surface area contributed by atoms with Crippen LogP contribution in [0.5, 0.6) is 0 Å². The molecule has 0 radical (unpaired) electrons. The number of methoxy groups -OCH3 is 2. The third-order valence-electron chi connectivity index (χ3n) is 2.83. The molecule has 2 aliphatic rings. The van der Waals surface area contributed by atoms with E-state index in [0.29, 0.717) is 13.2 Å². The van der Waals surface area contributed by atoms with Crippen molar-refractivity contribution in [3.8, 4) is 0 Å². The Labute approximate surface area is 95.3 Å². The van der Waals surface area contributed by atoms with Crippen LogP contribution in [-0.4, -0.2) is 58.1 Å². The minimum Gasteiger partial charge on any atom is -0.375 e. The average molecular weight is 230 g/mol. The number of ether oxygens (including phenoxy) is 5. The summed E-state index contributed by atoms with van der Waals surface area (Å²) in [6.07, 6.45) is 1.37. The molecule has 2 heterocycles. The summed E-state index contributed by atoms with van der Waals surface area (Å²) in [4.78, 5) is 0. The fourth-order valence-electron chi connectivity index (χ4n) is 2.04. The van der Waals surface area contributed by atoms with Crippen LogP contribution in [0.2, 0.25) is 0 Å². The lowest BCUT2D eigenvalue weighted by Crippen LogP contribution is -2.36. The van der Waals surface area contributed by atoms with Gasteiger partial charge in [0, 0.05) is 14.2 Å². The van der Waals surface area contributed by atoms with E-state index in [1.54, 1.807) is 20.3 Å². The van der Waals surface area contributed by atoms with Crippen LogP contribution >= 0.6 is 0 Å². The van der Waals surface area contributed by atoms with E-state index in [2.05, 4.69) is 6.58 Å². The highest BCUT2D eigenvalue weighted by molar-refractivity contribution is 5.04. The summed E-state index contributed by atoms with van der Waals surface area (Å²) in [5.41, 5.74) is 0. The molecular formula is C11H18O5. The SMILES string of the molecule is C=CCOCC1OC(C(OC)OC)C2OC12. The van der Waals surface area contributed by atoms with Crippen LogP contribution in [0.25, 0.3) is 0 Å². The standard InChI is InChI=1S/C11H18O5/c1-4-5-14-6-7-8-9(16-8)10(15-7)11(12-2)13-3/h4,7-11H,1,5-6H2,2-3H3. The van der Waals surface area contributed by atoms with Crippen LogP contribution in [0.3, 0.4) is 0 Å². The predicted molar refractivity (Wildman–Crippen MR) is 56.1 cm³/mol. The molecule has 0 bridgehead atoms. The van der Waals surface area contributed by atoms with E-state index >= 15 is 0 Å². The summed E-state index contributed by atoms with van der Waals surface area (Å²) in [5, 5.41) is 0. The van der Waals surface area contributed by atoms with E-state index in [-0.39, 0.29) is 30.7 Å². The first-order valence-corrected chi connectivity index (χ1v) is 5.37. The normalized spacial score (nSPS) is 36.4. The number of fused-ring (bicyclic) bond motifs is 1. The van der Waals surface area contributed by atoms with E-state index in [4.69, 9.17) is 23.7 Å². The molecule has 2 rings (SSSR count). The second-order valence-corrected chi connectivity index (χ2v) is 3.87. The summed E-state index contributed by atoms with van der Waals surface area (Å²) in [6.45, 7) is 4.63. The molecule has 16 heavy (non-hydrogen) atoms. The van der Waals surface area contributed by atoms with E-state index < -0.39 is 0 Å². The van der Waals surface area contributed by atoms with Crippen molar-refractivity contribution < 1.29 is 23.7 Å². The summed E-state index contributed by atoms with van der Waals surface area (Å²) in [6, 6.07) is 0. The van der Waals surface area contributed by atoms with E-state index in [9.17, 15) is 0 Å². The number of epoxide rings is 1. The van der Waals surface area contributed by atoms with Crippen molar-refractivity contribution in [3.63, 3.8) is 0 Å². The average Bonchev–Trinajstić information content (AvgIpc) is 3.01. The van der Waals surface area contributed by atoms with Crippen molar-refractivity contribution in [1.82, 2.24) is 0 Å². The van der Waals surface area contributed by atoms with Gasteiger partial charge >= 0.3 is 0 Å². The number of hydrogen-bond donors (Lipinski definition) is 0. The van der Waals surface area contributed by atoms with Gasteiger partial charge in [0.2, 0.25) is 0 Å². The summed E-state index contributed by atoms with van der Waals surface area (Å²) >= 11 is 0. The molecule has 0 aromatic carbocycles. The van der Waals surface area contributed by atoms with Crippen molar-refractivity contribution >= 4 is 0 Å². The lowest BCUT2D eigenvalue weighted by Gasteiger charge is -2.23. The Morgan fingerprint density at radius 2 is 2.00 bits per heavy atom. The predicted octanol–water partition coefficient (Wildman–Crippen LogP) is 0.343. The van der Waals surface area contributed by atoms with Crippen molar-refractivity contribution in [2.24, 2.45) is 0 Å². The molecule has 2 saturated heterocycles. The van der Waals surface area contributed by atoms with Crippen molar-refractivity contribution in [2.75, 3.05) is 27.4 Å². The van der Waals surface area contributed by atoms with Crippen LogP contribution in [0, 0.1) is 0 Å². The van der Waals surface area contributed by atoms with Gasteiger partial charge < -0.3 is 23.7 Å². The fraction of sp³-hybridized carbons (Fsp3) is 0.818. The van der Waals surface area contributed by atoms with Gasteiger partial charge in [0.1, 0.15) is 24.4 Å². The Morgan fingerprint density at radius 1 is 1.25 bits per heavy atom. The molecular weight excluding hydrogens is 212 g/mol. The minimum atomic E-state index is -0.376. The molecule has 5 nitrogen and oxygen atoms in total. The summed E-state index contributed by atoms with van der Waals surface area (Å²) < 4.78 is 27.0. The summed E-state index contributed by atoms with van der Waals surface area (Å²) in [7, 11) is 3.19. The molecule has 5 heteroatoms. The zero-order valence-corrected chi connectivity index (χ0v) is 9.63. The van der Waals surface area contributed by atoms with Gasteiger partial charge in [-0.1, -0.05) is 6.08 Å². The van der Waals surface area contributed by atoms with Crippen LogP contribution in [0.15, 0.2) is 12.7 Å². The van der Waals surface area contributed by atoms with Gasteiger partial charge in [-0.15, -0.1) is 6.58 Å². The molecule has 0 saturated carbocycles. The largest absolute Gasteiger partial charge is 0.375 e. The van der Waals surface area contributed by atoms with Crippen LogP contribution < -0.4 is 0 Å². The molecule has 0 aliphatic carbocycles. The molecule has 0 amide bonds. The first-order chi connectivity index (χ1) is 7.81. The van der Waals surface area contributed by atoms with E-state index in [0.717, 1.165) is 0 Å². The molecule has 92 valence electrons. The zero-order valence-electron chi connectivity index (χ0n) is 9.63. The lowest BCUT2D eigenvalue weighted by molar-refractivity contribution is -0.200. The highest BCUT2D eigenvalue weighted by atomic mass is 16.7. The molecule has 0 spiro atoms. The maximum atomic E-state index is 5.78. The number of hydrogen-bond acceptors (Lipinski definition) is 5. The van der Waals surface area contributed by atoms with Gasteiger partial charge in [-0.05, 0) is 0 Å². The van der Waals surface area contributed by atoms with Gasteiger partial charge in [0.05, 0.1) is 13.2 Å². The Kier molecular flexibility index (Phi) is 3.94. The Balaban J connectivity index is 1.81. The third kappa shape index (κ3) is 2.28. The quantitative estimate of drug-likeness (QED) is 0.273. The van der Waals surface area contributed by atoms with Crippen LogP contribution in [0.4, 0.5) is 0 Å². The molecule has 4 unspecified atom stereocenters. The minimum absolute atomic E-state index is 0.0252. The Morgan fingerprint density at radius 3 is 2.62 bits per heavy atom. The van der Waals surface area contributed by atoms with Gasteiger partial charge in [0.15, 0.2) is 6.29 Å². The highest BCUT2D eigenvalue weighted by Gasteiger charge is 2.60. The van der Waals surface area contributed by atoms with Gasteiger partial charge in [-0.3, -0.25) is 0 Å². The Bertz CT molecular complexity index is 241. The smallest absolute Gasteiger partial charge is 0.185 e. The third-order valence-corrected chi connectivity index (χ3v) is 2.83. The number of rotatable bonds is 7. The molecule has 0 N–H and O–H groups in total. The lowest BCUT2D eigenvalue weighted by atomic mass is 10.2. The van der Waals surface area contributed by atoms with Crippen molar-refractivity contribution in [3.05, 3.63) is 12.7 Å². The van der Waals surface area contributed by atoms with Crippen LogP contribution in [0.1, 0.15) is 0 Å². The first-order valence-electron chi connectivity index (χ1n) is 5.37. The van der Waals surface area contributed by atoms with Crippen LogP contribution in [-0.2, 0) is 23.7 Å². The molecule has 0 aromatic heterocycles. The summed E-state index contributed by atoms with van der Waals surface area (Å²) in [5.74, 6) is 0. The monoisotopic (exact) mass is 230 g/mol. The topological polar surface area (TPSA) is 49.5 Å². The second kappa shape index (κ2) is 5.25. The zero-order chi connectivity index (χ0) is 11.5. The van der Waals surface area contributed by atoms with Gasteiger partial charge in [-0.25, -0.2) is 0 Å². The van der Waals surface area contributed by atoms with E-state index in [1.807, 2.05) is 0 Å². The van der Waals surface area contributed by atoms with Crippen molar-refractivity contribution in [2.45, 2.75) is 30.7 Å². The molecule has 2 aliphatic heterocycles. The highest BCUT2D eigenvalue weighted by Crippen LogP contribution is 2.41. The molecule has 2 fully saturated rings. The molecule has 4 atom stereocenters. The Hall–Kier alpha value is -0.460. The fourth-order valence-corrected chi connectivity index (χ4v) is 2.04. The maximum Gasteiger partial charge on any atom is 0.185 e. The van der Waals surface area contributed by atoms with Gasteiger partial charge in [-0.2, -0.15) is 0 Å². The first kappa shape index (κ1) is 12.0. The van der Waals surface area contributed by atoms with E-state index in [1.165, 1.54) is 0 Å². The van der Waals surface area contributed by atoms with Gasteiger partial charge in [0.25, 0.3) is 0 Å². The molecule has 0 aromatic rings. The second-order valence-electron chi connectivity index (χ2n) is 3.87.